The minimum Gasteiger partial charge on any atom is -0.423 e. The molecule has 2 aromatic carbocycles. The molecule has 5 heteroatoms. The number of carbonyl (C=O) groups is 1. The fourth-order valence-corrected chi connectivity index (χ4v) is 2.36. The van der Waals surface area contributed by atoms with Gasteiger partial charge in [-0.05, 0) is 50.1 Å². The van der Waals surface area contributed by atoms with Gasteiger partial charge in [0.25, 0.3) is 5.91 Å². The van der Waals surface area contributed by atoms with E-state index in [0.29, 0.717) is 11.5 Å². The lowest BCUT2D eigenvalue weighted by Crippen LogP contribution is -2.14. The Kier molecular flexibility index (Phi) is 3.93. The summed E-state index contributed by atoms with van der Waals surface area (Å²) in [7, 11) is 0. The van der Waals surface area contributed by atoms with Gasteiger partial charge in [-0.2, -0.15) is 0 Å². The summed E-state index contributed by atoms with van der Waals surface area (Å²) in [6.07, 6.45) is 1.28. The monoisotopic (exact) mass is 307 g/mol. The van der Waals surface area contributed by atoms with Crippen molar-refractivity contribution in [2.75, 3.05) is 5.32 Å². The van der Waals surface area contributed by atoms with Gasteiger partial charge in [-0.3, -0.25) is 4.79 Å². The highest BCUT2D eigenvalue weighted by atomic mass is 16.4. The summed E-state index contributed by atoms with van der Waals surface area (Å²) in [5, 5.41) is 10.5. The molecular formula is C18H17N3O2. The van der Waals surface area contributed by atoms with Crippen LogP contribution in [0.4, 0.5) is 5.69 Å². The number of nitrogens with zero attached hydrogens (tertiary/aromatic N) is 2. The second-order valence-corrected chi connectivity index (χ2v) is 5.55. The molecule has 23 heavy (non-hydrogen) atoms. The van der Waals surface area contributed by atoms with E-state index in [0.717, 1.165) is 27.9 Å². The summed E-state index contributed by atoms with van der Waals surface area (Å²) >= 11 is 0. The average Bonchev–Trinajstić information content (AvgIpc) is 3.06. The highest BCUT2D eigenvalue weighted by molar-refractivity contribution is 6.06. The zero-order chi connectivity index (χ0) is 16.4. The zero-order valence-corrected chi connectivity index (χ0v) is 13.3. The maximum absolute atomic E-state index is 12.6. The lowest BCUT2D eigenvalue weighted by atomic mass is 10.0. The van der Waals surface area contributed by atoms with E-state index in [-0.39, 0.29) is 5.91 Å². The van der Waals surface area contributed by atoms with Crippen molar-refractivity contribution in [2.24, 2.45) is 0 Å². The summed E-state index contributed by atoms with van der Waals surface area (Å²) in [4.78, 5) is 12.6. The van der Waals surface area contributed by atoms with Crippen LogP contribution in [0.25, 0.3) is 11.5 Å². The van der Waals surface area contributed by atoms with Gasteiger partial charge in [0.05, 0.1) is 0 Å². The van der Waals surface area contributed by atoms with E-state index in [1.54, 1.807) is 0 Å². The summed E-state index contributed by atoms with van der Waals surface area (Å²) in [5.41, 5.74) is 5.13. The molecule has 0 radical (unpaired) electrons. The minimum absolute atomic E-state index is 0.128. The first kappa shape index (κ1) is 15.0. The molecule has 0 aliphatic heterocycles. The number of nitrogens with one attached hydrogen (secondary N) is 1. The largest absolute Gasteiger partial charge is 0.423 e. The third-order valence-electron chi connectivity index (χ3n) is 3.73. The van der Waals surface area contributed by atoms with Crippen LogP contribution in [0, 0.1) is 20.8 Å². The molecule has 0 atom stereocenters. The van der Waals surface area contributed by atoms with Crippen LogP contribution in [0.1, 0.15) is 27.0 Å². The molecule has 0 fully saturated rings. The van der Waals surface area contributed by atoms with Gasteiger partial charge in [0.2, 0.25) is 12.3 Å². The molecule has 0 unspecified atom stereocenters. The van der Waals surface area contributed by atoms with E-state index in [2.05, 4.69) is 15.5 Å². The number of rotatable bonds is 3. The van der Waals surface area contributed by atoms with E-state index in [4.69, 9.17) is 4.42 Å². The number of amides is 1. The highest BCUT2D eigenvalue weighted by Crippen LogP contribution is 2.24. The maximum atomic E-state index is 12.6. The molecule has 1 amide bonds. The summed E-state index contributed by atoms with van der Waals surface area (Å²) in [5.74, 6) is 0.296. The van der Waals surface area contributed by atoms with Crippen molar-refractivity contribution in [3.8, 4) is 11.5 Å². The summed E-state index contributed by atoms with van der Waals surface area (Å²) < 4.78 is 5.20. The van der Waals surface area contributed by atoms with Crippen molar-refractivity contribution in [2.45, 2.75) is 20.8 Å². The molecule has 1 heterocycles. The Morgan fingerprint density at radius 1 is 1.04 bits per heavy atom. The van der Waals surface area contributed by atoms with Crippen molar-refractivity contribution in [3.63, 3.8) is 0 Å². The van der Waals surface area contributed by atoms with Crippen LogP contribution in [-0.4, -0.2) is 16.1 Å². The van der Waals surface area contributed by atoms with Gasteiger partial charge < -0.3 is 9.73 Å². The van der Waals surface area contributed by atoms with Crippen molar-refractivity contribution in [1.82, 2.24) is 10.2 Å². The predicted octanol–water partition coefficient (Wildman–Crippen LogP) is 3.91. The molecule has 0 bridgehead atoms. The third kappa shape index (κ3) is 3.13. The number of aromatic nitrogens is 2. The SMILES string of the molecule is Cc1ccc(C)c(C(=O)Nc2cc(-c3nnco3)ccc2C)c1. The molecule has 0 saturated heterocycles. The highest BCUT2D eigenvalue weighted by Gasteiger charge is 2.12. The first-order valence-corrected chi connectivity index (χ1v) is 7.30. The van der Waals surface area contributed by atoms with E-state index in [1.807, 2.05) is 57.2 Å². The Bertz CT molecular complexity index is 855. The van der Waals surface area contributed by atoms with Crippen LogP contribution >= 0.6 is 0 Å². The van der Waals surface area contributed by atoms with Crippen molar-refractivity contribution >= 4 is 11.6 Å². The first-order chi connectivity index (χ1) is 11.0. The fourth-order valence-electron chi connectivity index (χ4n) is 2.36. The fraction of sp³-hybridized carbons (Fsp3) is 0.167. The van der Waals surface area contributed by atoms with Gasteiger partial charge in [0.1, 0.15) is 0 Å². The number of benzene rings is 2. The van der Waals surface area contributed by atoms with Crippen LogP contribution in [0.3, 0.4) is 0 Å². The Labute approximate surface area is 134 Å². The van der Waals surface area contributed by atoms with Crippen LogP contribution in [0.2, 0.25) is 0 Å². The Balaban J connectivity index is 1.92. The van der Waals surface area contributed by atoms with Gasteiger partial charge in [0, 0.05) is 16.8 Å². The van der Waals surface area contributed by atoms with Gasteiger partial charge in [-0.25, -0.2) is 0 Å². The number of carbonyl (C=O) groups excluding carboxylic acids is 1. The van der Waals surface area contributed by atoms with E-state index in [1.165, 1.54) is 6.39 Å². The van der Waals surface area contributed by atoms with Crippen molar-refractivity contribution < 1.29 is 9.21 Å². The molecule has 0 aliphatic rings. The van der Waals surface area contributed by atoms with E-state index >= 15 is 0 Å². The van der Waals surface area contributed by atoms with Crippen LogP contribution in [0.15, 0.2) is 47.2 Å². The smallest absolute Gasteiger partial charge is 0.255 e. The van der Waals surface area contributed by atoms with Gasteiger partial charge in [-0.1, -0.05) is 23.8 Å². The quantitative estimate of drug-likeness (QED) is 0.796. The van der Waals surface area contributed by atoms with Gasteiger partial charge in [-0.15, -0.1) is 10.2 Å². The number of hydrogen-bond donors (Lipinski definition) is 1. The third-order valence-corrected chi connectivity index (χ3v) is 3.73. The minimum atomic E-state index is -0.128. The van der Waals surface area contributed by atoms with E-state index < -0.39 is 0 Å². The molecular weight excluding hydrogens is 290 g/mol. The standard InChI is InChI=1S/C18H17N3O2/c1-11-4-5-12(2)15(8-11)17(22)20-16-9-14(7-6-13(16)3)18-21-19-10-23-18/h4-10H,1-3H3,(H,20,22). The molecule has 0 aliphatic carbocycles. The summed E-state index contributed by atoms with van der Waals surface area (Å²) in [6.45, 7) is 5.84. The van der Waals surface area contributed by atoms with Crippen LogP contribution in [0.5, 0.6) is 0 Å². The predicted molar refractivity (Wildman–Crippen MR) is 88.3 cm³/mol. The topological polar surface area (TPSA) is 68.0 Å². The first-order valence-electron chi connectivity index (χ1n) is 7.30. The second-order valence-electron chi connectivity index (χ2n) is 5.55. The molecule has 0 spiro atoms. The Morgan fingerprint density at radius 3 is 2.57 bits per heavy atom. The molecule has 1 aromatic heterocycles. The molecule has 1 N–H and O–H groups in total. The van der Waals surface area contributed by atoms with Gasteiger partial charge in [0.15, 0.2) is 0 Å². The maximum Gasteiger partial charge on any atom is 0.255 e. The normalized spacial score (nSPS) is 10.6. The molecule has 5 nitrogen and oxygen atoms in total. The van der Waals surface area contributed by atoms with Gasteiger partial charge >= 0.3 is 0 Å². The average molecular weight is 307 g/mol. The number of hydrogen-bond acceptors (Lipinski definition) is 4. The van der Waals surface area contributed by atoms with Crippen molar-refractivity contribution in [1.29, 1.82) is 0 Å². The number of aryl methyl sites for hydroxylation is 3. The molecule has 116 valence electrons. The van der Waals surface area contributed by atoms with Crippen LogP contribution < -0.4 is 5.32 Å². The second kappa shape index (κ2) is 6.04. The van der Waals surface area contributed by atoms with Crippen LogP contribution in [-0.2, 0) is 0 Å². The Morgan fingerprint density at radius 2 is 1.83 bits per heavy atom. The Hall–Kier alpha value is -2.95. The zero-order valence-electron chi connectivity index (χ0n) is 13.3. The molecule has 0 saturated carbocycles. The van der Waals surface area contributed by atoms with Crippen molar-refractivity contribution in [3.05, 3.63) is 65.0 Å². The number of anilines is 1. The lowest BCUT2D eigenvalue weighted by molar-refractivity contribution is 0.102. The molecule has 3 rings (SSSR count). The molecule has 3 aromatic rings. The summed E-state index contributed by atoms with van der Waals surface area (Å²) in [6, 6.07) is 11.5. The lowest BCUT2D eigenvalue weighted by Gasteiger charge is -2.11. The van der Waals surface area contributed by atoms with E-state index in [9.17, 15) is 4.79 Å².